The van der Waals surface area contributed by atoms with E-state index >= 15 is 0 Å². The number of carboxylic acids is 1. The molecule has 1 aliphatic rings. The van der Waals surface area contributed by atoms with Crippen LogP contribution < -0.4 is 4.90 Å². The Morgan fingerprint density at radius 1 is 1.07 bits per heavy atom. The van der Waals surface area contributed by atoms with Crippen LogP contribution in [0.1, 0.15) is 16.1 Å². The molecule has 0 radical (unpaired) electrons. The summed E-state index contributed by atoms with van der Waals surface area (Å²) in [5, 5.41) is 9.10. The van der Waals surface area contributed by atoms with Gasteiger partial charge in [0.2, 0.25) is 0 Å². The van der Waals surface area contributed by atoms with E-state index < -0.39 is 17.1 Å². The average molecular weight is 426 g/mol. The molecule has 0 aliphatic carbocycles. The maximum absolute atomic E-state index is 12.7. The molecule has 0 bridgehead atoms. The fourth-order valence-corrected chi connectivity index (χ4v) is 3.85. The Hall–Kier alpha value is -3.29. The van der Waals surface area contributed by atoms with E-state index in [9.17, 15) is 14.4 Å². The van der Waals surface area contributed by atoms with Crippen LogP contribution in [0.2, 0.25) is 5.02 Å². The molecular formula is C21H12ClNO5S. The molecule has 1 fully saturated rings. The topological polar surface area (TPSA) is 87.8 Å². The van der Waals surface area contributed by atoms with Gasteiger partial charge in [-0.3, -0.25) is 9.59 Å². The van der Waals surface area contributed by atoms with Crippen molar-refractivity contribution in [3.8, 4) is 11.3 Å². The lowest BCUT2D eigenvalue weighted by molar-refractivity contribution is -0.113. The van der Waals surface area contributed by atoms with Gasteiger partial charge in [-0.05, 0) is 54.2 Å². The molecule has 0 unspecified atom stereocenters. The fourth-order valence-electron chi connectivity index (χ4n) is 2.82. The minimum absolute atomic E-state index is 0.0753. The van der Waals surface area contributed by atoms with Gasteiger partial charge in [-0.25, -0.2) is 9.69 Å². The average Bonchev–Trinajstić information content (AvgIpc) is 3.27. The largest absolute Gasteiger partial charge is 0.478 e. The van der Waals surface area contributed by atoms with Crippen molar-refractivity contribution in [2.45, 2.75) is 0 Å². The second-order valence-electron chi connectivity index (χ2n) is 6.05. The van der Waals surface area contributed by atoms with Gasteiger partial charge < -0.3 is 9.52 Å². The predicted octanol–water partition coefficient (Wildman–Crippen LogP) is 5.54. The lowest BCUT2D eigenvalue weighted by Gasteiger charge is -2.11. The smallest absolute Gasteiger partial charge is 0.335 e. The quantitative estimate of drug-likeness (QED) is 0.552. The van der Waals surface area contributed by atoms with Gasteiger partial charge in [-0.1, -0.05) is 29.8 Å². The number of carboxylic acid groups (broad SMARTS) is 1. The number of hydrogen-bond acceptors (Lipinski definition) is 5. The number of nitrogens with zero attached hydrogens (tertiary/aromatic N) is 1. The van der Waals surface area contributed by atoms with E-state index in [-0.39, 0.29) is 10.5 Å². The molecule has 1 aromatic heterocycles. The minimum Gasteiger partial charge on any atom is -0.478 e. The maximum Gasteiger partial charge on any atom is 0.335 e. The van der Waals surface area contributed by atoms with Crippen molar-refractivity contribution in [3.63, 3.8) is 0 Å². The highest BCUT2D eigenvalue weighted by molar-refractivity contribution is 8.19. The van der Waals surface area contributed by atoms with Gasteiger partial charge in [0.05, 0.1) is 21.2 Å². The molecule has 8 heteroatoms. The molecule has 6 nitrogen and oxygen atoms in total. The molecule has 0 saturated carbocycles. The number of para-hydroxylation sites is 1. The third kappa shape index (κ3) is 3.70. The Balaban J connectivity index is 1.64. The van der Waals surface area contributed by atoms with E-state index in [1.54, 1.807) is 42.5 Å². The van der Waals surface area contributed by atoms with Crippen molar-refractivity contribution in [3.05, 3.63) is 81.9 Å². The highest BCUT2D eigenvalue weighted by atomic mass is 35.5. The summed E-state index contributed by atoms with van der Waals surface area (Å²) in [5.74, 6) is -0.818. The molecule has 2 heterocycles. The first-order valence-corrected chi connectivity index (χ1v) is 9.59. The number of amides is 2. The van der Waals surface area contributed by atoms with Crippen LogP contribution in [0.5, 0.6) is 0 Å². The minimum atomic E-state index is -1.08. The monoisotopic (exact) mass is 425 g/mol. The van der Waals surface area contributed by atoms with Gasteiger partial charge >= 0.3 is 5.97 Å². The third-order valence-corrected chi connectivity index (χ3v) is 5.39. The Kier molecular flexibility index (Phi) is 5.00. The van der Waals surface area contributed by atoms with Crippen LogP contribution in [0.3, 0.4) is 0 Å². The molecule has 3 aromatic rings. The van der Waals surface area contributed by atoms with Crippen molar-refractivity contribution < 1.29 is 23.9 Å². The summed E-state index contributed by atoms with van der Waals surface area (Å²) in [6.07, 6.45) is 1.48. The van der Waals surface area contributed by atoms with Crippen molar-refractivity contribution >= 4 is 52.2 Å². The van der Waals surface area contributed by atoms with E-state index in [1.807, 2.05) is 0 Å². The van der Waals surface area contributed by atoms with Crippen LogP contribution in [0.15, 0.2) is 70.0 Å². The van der Waals surface area contributed by atoms with Gasteiger partial charge in [0.25, 0.3) is 11.1 Å². The molecule has 1 aliphatic heterocycles. The number of rotatable bonds is 4. The van der Waals surface area contributed by atoms with E-state index in [0.29, 0.717) is 27.8 Å². The lowest BCUT2D eigenvalue weighted by atomic mass is 10.1. The van der Waals surface area contributed by atoms with Crippen LogP contribution in [0.25, 0.3) is 17.4 Å². The van der Waals surface area contributed by atoms with E-state index in [0.717, 1.165) is 16.7 Å². The predicted molar refractivity (Wildman–Crippen MR) is 111 cm³/mol. The number of imide groups is 1. The zero-order valence-electron chi connectivity index (χ0n) is 14.7. The number of thioether (sulfide) groups is 1. The summed E-state index contributed by atoms with van der Waals surface area (Å²) in [7, 11) is 0. The number of carbonyl (C=O) groups is 3. The first-order chi connectivity index (χ1) is 13.9. The number of benzene rings is 2. The summed E-state index contributed by atoms with van der Waals surface area (Å²) < 4.78 is 5.72. The van der Waals surface area contributed by atoms with Crippen molar-refractivity contribution in [2.24, 2.45) is 0 Å². The highest BCUT2D eigenvalue weighted by Crippen LogP contribution is 2.37. The van der Waals surface area contributed by atoms with Gasteiger partial charge in [-0.15, -0.1) is 0 Å². The Morgan fingerprint density at radius 2 is 1.83 bits per heavy atom. The number of carbonyl (C=O) groups excluding carboxylic acids is 2. The SMILES string of the molecule is O=C(O)c1ccc(Cl)c(-c2ccc(/C=C3\SC(=O)N(c4ccccc4)C3=O)o2)c1. The number of anilines is 1. The van der Waals surface area contributed by atoms with E-state index in [1.165, 1.54) is 24.3 Å². The molecule has 29 heavy (non-hydrogen) atoms. The molecule has 2 aromatic carbocycles. The van der Waals surface area contributed by atoms with Crippen molar-refractivity contribution in [1.29, 1.82) is 0 Å². The number of hydrogen-bond donors (Lipinski definition) is 1. The van der Waals surface area contributed by atoms with Crippen LogP contribution in [-0.2, 0) is 4.79 Å². The fraction of sp³-hybridized carbons (Fsp3) is 0. The second-order valence-corrected chi connectivity index (χ2v) is 7.45. The van der Waals surface area contributed by atoms with Crippen LogP contribution in [0.4, 0.5) is 10.5 Å². The number of furan rings is 1. The highest BCUT2D eigenvalue weighted by Gasteiger charge is 2.36. The summed E-state index contributed by atoms with van der Waals surface area (Å²) in [5.41, 5.74) is 0.991. The standard InChI is InChI=1S/C21H12ClNO5S/c22-16-8-6-12(20(25)26)10-15(16)17-9-7-14(28-17)11-18-19(24)23(21(27)29-18)13-4-2-1-3-5-13/h1-11H,(H,25,26)/b18-11-. The molecule has 0 atom stereocenters. The van der Waals surface area contributed by atoms with E-state index in [4.69, 9.17) is 21.1 Å². The molecule has 144 valence electrons. The number of halogens is 1. The molecule has 4 rings (SSSR count). The van der Waals surface area contributed by atoms with Gasteiger partial charge in [0.1, 0.15) is 11.5 Å². The van der Waals surface area contributed by atoms with Crippen molar-refractivity contribution in [1.82, 2.24) is 0 Å². The van der Waals surface area contributed by atoms with Crippen molar-refractivity contribution in [2.75, 3.05) is 4.90 Å². The Morgan fingerprint density at radius 3 is 2.55 bits per heavy atom. The molecule has 0 spiro atoms. The first kappa shape index (κ1) is 19.0. The zero-order chi connectivity index (χ0) is 20.5. The second kappa shape index (κ2) is 7.62. The van der Waals surface area contributed by atoms with Gasteiger partial charge in [-0.2, -0.15) is 0 Å². The van der Waals surface area contributed by atoms with E-state index in [2.05, 4.69) is 0 Å². The molecule has 2 amide bonds. The molecule has 1 N–H and O–H groups in total. The summed E-state index contributed by atoms with van der Waals surface area (Å²) in [4.78, 5) is 37.5. The zero-order valence-corrected chi connectivity index (χ0v) is 16.2. The maximum atomic E-state index is 12.7. The van der Waals surface area contributed by atoms with Crippen LogP contribution in [-0.4, -0.2) is 22.2 Å². The van der Waals surface area contributed by atoms with Crippen LogP contribution in [0, 0.1) is 0 Å². The normalized spacial score (nSPS) is 15.3. The Bertz CT molecular complexity index is 1170. The van der Waals surface area contributed by atoms with Crippen LogP contribution >= 0.6 is 23.4 Å². The lowest BCUT2D eigenvalue weighted by Crippen LogP contribution is -2.27. The summed E-state index contributed by atoms with van der Waals surface area (Å²) in [6.45, 7) is 0. The van der Waals surface area contributed by atoms with Gasteiger partial charge in [0, 0.05) is 11.6 Å². The molecular weight excluding hydrogens is 414 g/mol. The third-order valence-electron chi connectivity index (χ3n) is 4.19. The summed E-state index contributed by atoms with van der Waals surface area (Å²) in [6, 6.07) is 16.2. The molecule has 1 saturated heterocycles. The first-order valence-electron chi connectivity index (χ1n) is 8.40. The Labute approximate surface area is 174 Å². The van der Waals surface area contributed by atoms with Gasteiger partial charge in [0.15, 0.2) is 0 Å². The number of aromatic carboxylic acids is 1. The summed E-state index contributed by atoms with van der Waals surface area (Å²) >= 11 is 6.99.